The van der Waals surface area contributed by atoms with Crippen molar-refractivity contribution in [2.75, 3.05) is 18.5 Å². The van der Waals surface area contributed by atoms with E-state index >= 15 is 0 Å². The van der Waals surface area contributed by atoms with Crippen LogP contribution in [0.5, 0.6) is 5.88 Å². The molecular formula is C10H13N3O. The zero-order valence-corrected chi connectivity index (χ0v) is 8.16. The van der Waals surface area contributed by atoms with Gasteiger partial charge in [-0.1, -0.05) is 0 Å². The summed E-state index contributed by atoms with van der Waals surface area (Å²) in [5, 5.41) is 3.00. The van der Waals surface area contributed by atoms with Crippen molar-refractivity contribution >= 4 is 5.95 Å². The lowest BCUT2D eigenvalue weighted by Gasteiger charge is -2.04. The number of aromatic nitrogens is 2. The largest absolute Gasteiger partial charge is 0.477 e. The molecule has 0 aliphatic heterocycles. The van der Waals surface area contributed by atoms with Gasteiger partial charge in [-0.15, -0.1) is 12.3 Å². The average Bonchev–Trinajstić information content (AvgIpc) is 2.19. The number of anilines is 1. The molecule has 1 heterocycles. The molecule has 0 bridgehead atoms. The topological polar surface area (TPSA) is 47.0 Å². The Morgan fingerprint density at radius 2 is 2.50 bits per heavy atom. The van der Waals surface area contributed by atoms with Crippen LogP contribution in [0, 0.1) is 12.3 Å². The second-order valence-electron chi connectivity index (χ2n) is 2.55. The van der Waals surface area contributed by atoms with Crippen LogP contribution < -0.4 is 10.1 Å². The van der Waals surface area contributed by atoms with Crippen molar-refractivity contribution in [3.05, 3.63) is 12.3 Å². The summed E-state index contributed by atoms with van der Waals surface area (Å²) in [6.45, 7) is 3.25. The fourth-order valence-electron chi connectivity index (χ4n) is 0.880. The molecule has 0 fully saturated rings. The third-order valence-corrected chi connectivity index (χ3v) is 1.46. The van der Waals surface area contributed by atoms with E-state index in [0.717, 1.165) is 6.54 Å². The summed E-state index contributed by atoms with van der Waals surface area (Å²) in [5.41, 5.74) is 0. The first-order valence-electron chi connectivity index (χ1n) is 4.50. The van der Waals surface area contributed by atoms with E-state index in [1.165, 1.54) is 0 Å². The lowest BCUT2D eigenvalue weighted by atomic mass is 10.5. The van der Waals surface area contributed by atoms with Crippen LogP contribution in [0.15, 0.2) is 12.3 Å². The number of nitrogens with zero attached hydrogens (tertiary/aromatic N) is 2. The normalized spacial score (nSPS) is 9.14. The van der Waals surface area contributed by atoms with E-state index in [2.05, 4.69) is 21.2 Å². The number of nitrogens with one attached hydrogen (secondary N) is 1. The van der Waals surface area contributed by atoms with Gasteiger partial charge in [-0.25, -0.2) is 4.98 Å². The van der Waals surface area contributed by atoms with Crippen LogP contribution in [-0.2, 0) is 0 Å². The summed E-state index contributed by atoms with van der Waals surface area (Å²) >= 11 is 0. The van der Waals surface area contributed by atoms with Crippen LogP contribution in [0.4, 0.5) is 5.95 Å². The van der Waals surface area contributed by atoms with Crippen molar-refractivity contribution in [1.82, 2.24) is 9.97 Å². The Labute approximate surface area is 83.7 Å². The Hall–Kier alpha value is -1.76. The minimum absolute atomic E-state index is 0.485. The second kappa shape index (κ2) is 5.81. The molecule has 0 aromatic carbocycles. The van der Waals surface area contributed by atoms with Gasteiger partial charge in [0.2, 0.25) is 11.8 Å². The molecule has 0 aliphatic rings. The Balaban J connectivity index is 2.51. The lowest BCUT2D eigenvalue weighted by molar-refractivity contribution is 0.314. The zero-order valence-electron chi connectivity index (χ0n) is 8.16. The minimum atomic E-state index is 0.485. The predicted molar refractivity (Wildman–Crippen MR) is 55.1 cm³/mol. The van der Waals surface area contributed by atoms with Crippen molar-refractivity contribution < 1.29 is 4.74 Å². The number of terminal acetylenes is 1. The zero-order chi connectivity index (χ0) is 10.2. The molecule has 0 amide bonds. The summed E-state index contributed by atoms with van der Waals surface area (Å²) in [5.74, 6) is 3.62. The molecule has 1 aromatic rings. The molecule has 4 heteroatoms. The maximum absolute atomic E-state index is 5.30. The van der Waals surface area contributed by atoms with Gasteiger partial charge in [0.05, 0.1) is 0 Å². The molecule has 0 saturated heterocycles. The summed E-state index contributed by atoms with van der Waals surface area (Å²) in [6, 6.07) is 1.71. The molecule has 0 spiro atoms. The first kappa shape index (κ1) is 10.3. The highest BCUT2D eigenvalue weighted by atomic mass is 16.5. The molecule has 74 valence electrons. The van der Waals surface area contributed by atoms with Gasteiger partial charge in [-0.3, -0.25) is 0 Å². The van der Waals surface area contributed by atoms with Crippen molar-refractivity contribution in [1.29, 1.82) is 0 Å². The third kappa shape index (κ3) is 3.31. The van der Waals surface area contributed by atoms with Gasteiger partial charge in [-0.05, 0) is 6.92 Å². The van der Waals surface area contributed by atoms with Crippen LogP contribution >= 0.6 is 0 Å². The van der Waals surface area contributed by atoms with E-state index in [9.17, 15) is 0 Å². The van der Waals surface area contributed by atoms with Crippen LogP contribution in [-0.4, -0.2) is 23.1 Å². The Morgan fingerprint density at radius 1 is 1.64 bits per heavy atom. The Kier molecular flexibility index (Phi) is 4.29. The van der Waals surface area contributed by atoms with E-state index in [-0.39, 0.29) is 0 Å². The first-order chi connectivity index (χ1) is 6.86. The summed E-state index contributed by atoms with van der Waals surface area (Å²) < 4.78 is 5.30. The van der Waals surface area contributed by atoms with Crippen molar-refractivity contribution in [3.63, 3.8) is 0 Å². The molecule has 4 nitrogen and oxygen atoms in total. The lowest BCUT2D eigenvalue weighted by Crippen LogP contribution is -2.04. The van der Waals surface area contributed by atoms with Gasteiger partial charge in [0.15, 0.2) is 0 Å². The summed E-state index contributed by atoms with van der Waals surface area (Å²) in [4.78, 5) is 8.14. The maximum atomic E-state index is 5.30. The highest BCUT2D eigenvalue weighted by molar-refractivity contribution is 5.26. The Morgan fingerprint density at radius 3 is 3.21 bits per heavy atom. The molecule has 1 rings (SSSR count). The van der Waals surface area contributed by atoms with Crippen LogP contribution in [0.2, 0.25) is 0 Å². The van der Waals surface area contributed by atoms with Crippen LogP contribution in [0.3, 0.4) is 0 Å². The van der Waals surface area contributed by atoms with E-state index in [0.29, 0.717) is 24.9 Å². The SMILES string of the molecule is C#CCCOc1ccnc(NCC)n1. The summed E-state index contributed by atoms with van der Waals surface area (Å²) in [6.07, 6.45) is 7.33. The van der Waals surface area contributed by atoms with Crippen molar-refractivity contribution in [2.45, 2.75) is 13.3 Å². The van der Waals surface area contributed by atoms with Crippen LogP contribution in [0.1, 0.15) is 13.3 Å². The first-order valence-corrected chi connectivity index (χ1v) is 4.50. The van der Waals surface area contributed by atoms with Gasteiger partial charge >= 0.3 is 0 Å². The molecule has 1 N–H and O–H groups in total. The molecule has 0 saturated carbocycles. The third-order valence-electron chi connectivity index (χ3n) is 1.46. The van der Waals surface area contributed by atoms with Gasteiger partial charge in [0, 0.05) is 25.2 Å². The molecular weight excluding hydrogens is 178 g/mol. The smallest absolute Gasteiger partial charge is 0.225 e. The van der Waals surface area contributed by atoms with E-state index in [4.69, 9.17) is 11.2 Å². The highest BCUT2D eigenvalue weighted by Crippen LogP contribution is 2.07. The van der Waals surface area contributed by atoms with Gasteiger partial charge in [0.25, 0.3) is 0 Å². The molecule has 0 radical (unpaired) electrons. The number of hydrogen-bond acceptors (Lipinski definition) is 4. The second-order valence-corrected chi connectivity index (χ2v) is 2.55. The average molecular weight is 191 g/mol. The van der Waals surface area contributed by atoms with Crippen molar-refractivity contribution in [2.24, 2.45) is 0 Å². The number of hydrogen-bond donors (Lipinski definition) is 1. The molecule has 0 aliphatic carbocycles. The van der Waals surface area contributed by atoms with E-state index in [1.54, 1.807) is 12.3 Å². The maximum Gasteiger partial charge on any atom is 0.225 e. The Bertz CT molecular complexity index is 319. The van der Waals surface area contributed by atoms with Gasteiger partial charge in [0.1, 0.15) is 6.61 Å². The highest BCUT2D eigenvalue weighted by Gasteiger charge is 1.97. The minimum Gasteiger partial charge on any atom is -0.477 e. The quantitative estimate of drug-likeness (QED) is 0.563. The van der Waals surface area contributed by atoms with E-state index in [1.807, 2.05) is 6.92 Å². The fraction of sp³-hybridized carbons (Fsp3) is 0.400. The van der Waals surface area contributed by atoms with Gasteiger partial charge in [-0.2, -0.15) is 4.98 Å². The molecule has 0 atom stereocenters. The predicted octanol–water partition coefficient (Wildman–Crippen LogP) is 1.31. The fourth-order valence-corrected chi connectivity index (χ4v) is 0.880. The summed E-state index contributed by atoms with van der Waals surface area (Å²) in [7, 11) is 0. The van der Waals surface area contributed by atoms with Crippen LogP contribution in [0.25, 0.3) is 0 Å². The van der Waals surface area contributed by atoms with Crippen molar-refractivity contribution in [3.8, 4) is 18.2 Å². The molecule has 1 aromatic heterocycles. The molecule has 0 unspecified atom stereocenters. The van der Waals surface area contributed by atoms with E-state index < -0.39 is 0 Å². The number of rotatable bonds is 5. The number of ether oxygens (including phenoxy) is 1. The monoisotopic (exact) mass is 191 g/mol. The molecule has 14 heavy (non-hydrogen) atoms. The van der Waals surface area contributed by atoms with Gasteiger partial charge < -0.3 is 10.1 Å². The standard InChI is InChI=1S/C10H13N3O/c1-3-5-8-14-9-6-7-12-10(13-9)11-4-2/h1,6-7H,4-5,8H2,2H3,(H,11,12,13).